The van der Waals surface area contributed by atoms with E-state index in [9.17, 15) is 0 Å². The smallest absolute Gasteiger partial charge is 0.450 e. The van der Waals surface area contributed by atoms with Gasteiger partial charge in [-0.2, -0.15) is 4.99 Å². The van der Waals surface area contributed by atoms with E-state index < -0.39 is 6.16 Å². The molecule has 0 aromatic heterocycles. The van der Waals surface area contributed by atoms with Crippen LogP contribution in [0.25, 0.3) is 0 Å². The first kappa shape index (κ1) is 13.1. The highest BCUT2D eigenvalue weighted by Crippen LogP contribution is 1.68. The molecule has 0 saturated heterocycles. The zero-order valence-electron chi connectivity index (χ0n) is 6.31. The van der Waals surface area contributed by atoms with E-state index >= 15 is 0 Å². The summed E-state index contributed by atoms with van der Waals surface area (Å²) in [6, 6.07) is 0. The molecule has 0 radical (unpaired) electrons. The number of carboxylic acid groups (broad SMARTS) is 2. The summed E-state index contributed by atoms with van der Waals surface area (Å²) in [5.41, 5.74) is 9.94. The minimum atomic E-state index is -1.83. The zero-order valence-corrected chi connectivity index (χ0v) is 7.13. The van der Waals surface area contributed by atoms with Crippen LogP contribution in [0.15, 0.2) is 4.99 Å². The summed E-state index contributed by atoms with van der Waals surface area (Å²) >= 11 is 4.57. The zero-order chi connectivity index (χ0) is 10.1. The van der Waals surface area contributed by atoms with E-state index in [1.54, 1.807) is 7.05 Å². The van der Waals surface area contributed by atoms with Crippen LogP contribution in [0.1, 0.15) is 0 Å². The first-order valence-electron chi connectivity index (χ1n) is 2.63. The average molecular weight is 194 g/mol. The summed E-state index contributed by atoms with van der Waals surface area (Å²) in [7, 11) is 1.65. The van der Waals surface area contributed by atoms with Crippen LogP contribution in [0, 0.1) is 0 Å². The molecule has 7 nitrogen and oxygen atoms in total. The van der Waals surface area contributed by atoms with Gasteiger partial charge in [-0.3, -0.25) is 0 Å². The molecule has 0 atom stereocenters. The first-order valence-corrected chi connectivity index (χ1v) is 3.04. The third-order valence-electron chi connectivity index (χ3n) is 0.445. The fourth-order valence-corrected chi connectivity index (χ4v) is 0.279. The largest absolute Gasteiger partial charge is 0.503 e. The Kier molecular flexibility index (Phi) is 8.20. The lowest BCUT2D eigenvalue weighted by molar-refractivity contribution is 0.137. The summed E-state index contributed by atoms with van der Waals surface area (Å²) in [6.07, 6.45) is -1.83. The SMILES string of the molecule is CNC(=S)N=C(N)N.O=C(O)O. The Bertz CT molecular complexity index is 185. The second kappa shape index (κ2) is 7.54. The van der Waals surface area contributed by atoms with Crippen LogP contribution >= 0.6 is 12.2 Å². The van der Waals surface area contributed by atoms with Crippen molar-refractivity contribution in [3.63, 3.8) is 0 Å². The number of hydrogen-bond donors (Lipinski definition) is 5. The van der Waals surface area contributed by atoms with Crippen molar-refractivity contribution in [2.75, 3.05) is 7.05 Å². The van der Waals surface area contributed by atoms with Crippen LogP contribution in [-0.4, -0.2) is 34.5 Å². The van der Waals surface area contributed by atoms with Gasteiger partial charge < -0.3 is 27.0 Å². The molecule has 0 aliphatic heterocycles. The maximum absolute atomic E-state index is 8.56. The number of thiocarbonyl (C=S) groups is 1. The van der Waals surface area contributed by atoms with Crippen LogP contribution in [0.2, 0.25) is 0 Å². The van der Waals surface area contributed by atoms with Crippen molar-refractivity contribution in [2.45, 2.75) is 0 Å². The summed E-state index contributed by atoms with van der Waals surface area (Å²) < 4.78 is 0. The molecular formula is C4H10N4O3S. The van der Waals surface area contributed by atoms with Crippen molar-refractivity contribution in [2.24, 2.45) is 16.5 Å². The number of nitrogens with two attached hydrogens (primary N) is 2. The average Bonchev–Trinajstić information content (AvgIpc) is 1.84. The maximum Gasteiger partial charge on any atom is 0.503 e. The quantitative estimate of drug-likeness (QED) is 0.189. The third-order valence-corrected chi connectivity index (χ3v) is 0.740. The Labute approximate surface area is 74.1 Å². The molecule has 0 aromatic carbocycles. The summed E-state index contributed by atoms with van der Waals surface area (Å²) in [5.74, 6) is -0.0237. The fraction of sp³-hybridized carbons (Fsp3) is 0.250. The van der Waals surface area contributed by atoms with Gasteiger partial charge in [0.25, 0.3) is 0 Å². The number of aliphatic imine (C=N–C) groups is 1. The third kappa shape index (κ3) is 23.7. The molecule has 0 spiro atoms. The number of nitrogens with one attached hydrogen (secondary N) is 1. The molecule has 70 valence electrons. The Morgan fingerprint density at radius 3 is 1.92 bits per heavy atom. The Morgan fingerprint density at radius 1 is 1.50 bits per heavy atom. The van der Waals surface area contributed by atoms with Gasteiger partial charge in [0.15, 0.2) is 11.1 Å². The van der Waals surface area contributed by atoms with Gasteiger partial charge in [0.1, 0.15) is 0 Å². The first-order chi connectivity index (χ1) is 5.40. The number of carbonyl (C=O) groups is 1. The molecule has 0 amide bonds. The molecule has 12 heavy (non-hydrogen) atoms. The molecule has 0 aliphatic rings. The number of hydrogen-bond acceptors (Lipinski definition) is 2. The van der Waals surface area contributed by atoms with Crippen molar-refractivity contribution in [1.82, 2.24) is 5.32 Å². The van der Waals surface area contributed by atoms with Crippen LogP contribution in [0.5, 0.6) is 0 Å². The number of guanidine groups is 1. The van der Waals surface area contributed by atoms with Gasteiger partial charge in [-0.1, -0.05) is 0 Å². The maximum atomic E-state index is 8.56. The monoisotopic (exact) mass is 194 g/mol. The summed E-state index contributed by atoms with van der Waals surface area (Å²) in [6.45, 7) is 0. The molecule has 0 bridgehead atoms. The van der Waals surface area contributed by atoms with Gasteiger partial charge in [0.2, 0.25) is 0 Å². The van der Waals surface area contributed by atoms with Gasteiger partial charge >= 0.3 is 6.16 Å². The van der Waals surface area contributed by atoms with Gasteiger partial charge in [-0.05, 0) is 12.2 Å². The molecule has 0 unspecified atom stereocenters. The van der Waals surface area contributed by atoms with E-state index in [0.29, 0.717) is 5.11 Å². The van der Waals surface area contributed by atoms with E-state index in [-0.39, 0.29) is 5.96 Å². The minimum Gasteiger partial charge on any atom is -0.450 e. The molecule has 0 aromatic rings. The topological polar surface area (TPSA) is 134 Å². The van der Waals surface area contributed by atoms with Crippen molar-refractivity contribution in [3.8, 4) is 0 Å². The standard InChI is InChI=1S/C3H8N4S.CH2O3/c1-6-3(8)7-2(4)5;2-1(3)4/h1H3,(H5,4,5,6,7,8);(H2,2,3,4). The highest BCUT2D eigenvalue weighted by Gasteiger charge is 1.83. The highest BCUT2D eigenvalue weighted by atomic mass is 32.1. The van der Waals surface area contributed by atoms with Crippen LogP contribution in [-0.2, 0) is 0 Å². The van der Waals surface area contributed by atoms with E-state index in [2.05, 4.69) is 22.5 Å². The number of nitrogens with zero attached hydrogens (tertiary/aromatic N) is 1. The molecule has 0 heterocycles. The lowest BCUT2D eigenvalue weighted by Crippen LogP contribution is -2.26. The normalized spacial score (nSPS) is 7.08. The molecule has 0 fully saturated rings. The van der Waals surface area contributed by atoms with Gasteiger partial charge in [0.05, 0.1) is 0 Å². The summed E-state index contributed by atoms with van der Waals surface area (Å²) in [4.78, 5) is 12.0. The minimum absolute atomic E-state index is 0.0237. The second-order valence-electron chi connectivity index (χ2n) is 1.37. The molecular weight excluding hydrogens is 184 g/mol. The molecule has 0 aliphatic carbocycles. The molecule has 8 heteroatoms. The fourth-order valence-electron chi connectivity index (χ4n) is 0.173. The summed E-state index contributed by atoms with van der Waals surface area (Å²) in [5, 5.41) is 16.8. The van der Waals surface area contributed by atoms with Crippen LogP contribution in [0.4, 0.5) is 4.79 Å². The van der Waals surface area contributed by atoms with Crippen LogP contribution < -0.4 is 16.8 Å². The molecule has 0 saturated carbocycles. The highest BCUT2D eigenvalue weighted by molar-refractivity contribution is 7.80. The Balaban J connectivity index is 0. The number of rotatable bonds is 0. The van der Waals surface area contributed by atoms with Crippen molar-refractivity contribution in [1.29, 1.82) is 0 Å². The van der Waals surface area contributed by atoms with Gasteiger partial charge in [-0.25, -0.2) is 4.79 Å². The second-order valence-corrected chi connectivity index (χ2v) is 1.76. The van der Waals surface area contributed by atoms with E-state index in [4.69, 9.17) is 26.5 Å². The van der Waals surface area contributed by atoms with E-state index in [1.807, 2.05) is 0 Å². The molecule has 7 N–H and O–H groups in total. The Hall–Kier alpha value is -1.57. The van der Waals surface area contributed by atoms with Crippen molar-refractivity contribution >= 4 is 29.4 Å². The van der Waals surface area contributed by atoms with Gasteiger partial charge in [-0.15, -0.1) is 0 Å². The molecule has 0 rings (SSSR count). The van der Waals surface area contributed by atoms with Crippen molar-refractivity contribution in [3.05, 3.63) is 0 Å². The predicted octanol–water partition coefficient (Wildman–Crippen LogP) is -1.01. The van der Waals surface area contributed by atoms with E-state index in [1.165, 1.54) is 0 Å². The predicted molar refractivity (Wildman–Crippen MR) is 48.1 cm³/mol. The lowest BCUT2D eigenvalue weighted by atomic mass is 11.0. The van der Waals surface area contributed by atoms with Crippen molar-refractivity contribution < 1.29 is 15.0 Å². The lowest BCUT2D eigenvalue weighted by Gasteiger charge is -1.92. The van der Waals surface area contributed by atoms with Crippen LogP contribution in [0.3, 0.4) is 0 Å². The van der Waals surface area contributed by atoms with E-state index in [0.717, 1.165) is 0 Å². The Morgan fingerprint density at radius 2 is 1.83 bits per heavy atom. The van der Waals surface area contributed by atoms with Gasteiger partial charge in [0, 0.05) is 7.05 Å².